The smallest absolute Gasteiger partial charge is 0.0979 e. The lowest BCUT2D eigenvalue weighted by molar-refractivity contribution is 1.29. The second-order valence-corrected chi connectivity index (χ2v) is 11.9. The number of benzene rings is 6. The molecular weight excluding hydrogens is 585 g/mol. The van der Waals surface area contributed by atoms with Gasteiger partial charge in [-0.05, 0) is 35.4 Å². The van der Waals surface area contributed by atoms with Gasteiger partial charge in [-0.3, -0.25) is 0 Å². The molecule has 0 aliphatic rings. The molecule has 0 aliphatic heterocycles. The number of rotatable bonds is 5. The number of hydrogen-bond donors (Lipinski definition) is 0. The molecule has 0 radical (unpaired) electrons. The van der Waals surface area contributed by atoms with Crippen molar-refractivity contribution in [3.8, 4) is 56.2 Å². The molecule has 4 heteroatoms. The average Bonchev–Trinajstić information content (AvgIpc) is 3.17. The first-order valence-corrected chi connectivity index (χ1v) is 16.1. The summed E-state index contributed by atoms with van der Waals surface area (Å²) in [6.45, 7) is 0. The Kier molecular flexibility index (Phi) is 6.76. The maximum absolute atomic E-state index is 5.29. The highest BCUT2D eigenvalue weighted by Crippen LogP contribution is 2.38. The Labute approximate surface area is 278 Å². The summed E-state index contributed by atoms with van der Waals surface area (Å²) in [5.41, 5.74) is 13.3. The molecule has 0 aliphatic carbocycles. The van der Waals surface area contributed by atoms with Gasteiger partial charge in [0.25, 0.3) is 0 Å². The van der Waals surface area contributed by atoms with E-state index in [1.165, 1.54) is 5.56 Å². The van der Waals surface area contributed by atoms with E-state index < -0.39 is 0 Å². The summed E-state index contributed by atoms with van der Waals surface area (Å²) in [6, 6.07) is 58.4. The molecule has 48 heavy (non-hydrogen) atoms. The Hall–Kier alpha value is -6.52. The van der Waals surface area contributed by atoms with E-state index in [0.29, 0.717) is 0 Å². The Morgan fingerprint density at radius 3 is 1.40 bits per heavy atom. The van der Waals surface area contributed by atoms with Gasteiger partial charge < -0.3 is 0 Å². The third-order valence-corrected chi connectivity index (χ3v) is 8.88. The molecule has 0 saturated heterocycles. The molecular formula is C44H28N4. The fourth-order valence-electron chi connectivity index (χ4n) is 6.44. The van der Waals surface area contributed by atoms with Crippen molar-refractivity contribution in [3.63, 3.8) is 0 Å². The van der Waals surface area contributed by atoms with Crippen molar-refractivity contribution < 1.29 is 0 Å². The van der Waals surface area contributed by atoms with E-state index >= 15 is 0 Å². The lowest BCUT2D eigenvalue weighted by Gasteiger charge is -2.15. The van der Waals surface area contributed by atoms with E-state index in [-0.39, 0.29) is 0 Å². The molecule has 9 rings (SSSR count). The lowest BCUT2D eigenvalue weighted by atomic mass is 9.95. The van der Waals surface area contributed by atoms with E-state index in [2.05, 4.69) is 121 Å². The molecule has 3 aromatic heterocycles. The molecule has 6 aromatic carbocycles. The van der Waals surface area contributed by atoms with Crippen LogP contribution >= 0.6 is 0 Å². The topological polar surface area (TPSA) is 51.6 Å². The van der Waals surface area contributed by atoms with Crippen molar-refractivity contribution >= 4 is 32.8 Å². The monoisotopic (exact) mass is 612 g/mol. The summed E-state index contributed by atoms with van der Waals surface area (Å²) >= 11 is 0. The number of nitrogens with zero attached hydrogens (tertiary/aromatic N) is 4. The molecule has 224 valence electrons. The van der Waals surface area contributed by atoms with Gasteiger partial charge in [-0.1, -0.05) is 146 Å². The Morgan fingerprint density at radius 1 is 0.271 bits per heavy atom. The molecule has 9 aromatic rings. The highest BCUT2D eigenvalue weighted by Gasteiger charge is 2.18. The molecule has 3 heterocycles. The molecule has 0 N–H and O–H groups in total. The van der Waals surface area contributed by atoms with E-state index in [1.807, 2.05) is 48.5 Å². The lowest BCUT2D eigenvalue weighted by Crippen LogP contribution is -1.98. The maximum atomic E-state index is 5.29. The summed E-state index contributed by atoms with van der Waals surface area (Å²) in [6.07, 6.45) is 0. The third-order valence-electron chi connectivity index (χ3n) is 8.88. The summed E-state index contributed by atoms with van der Waals surface area (Å²) in [5.74, 6) is 0. The summed E-state index contributed by atoms with van der Waals surface area (Å²) < 4.78 is 0. The first-order chi connectivity index (χ1) is 23.8. The van der Waals surface area contributed by atoms with Gasteiger partial charge in [-0.25, -0.2) is 19.9 Å². The molecule has 0 spiro atoms. The highest BCUT2D eigenvalue weighted by atomic mass is 14.8. The molecule has 4 nitrogen and oxygen atoms in total. The summed E-state index contributed by atoms with van der Waals surface area (Å²) in [7, 11) is 0. The first kappa shape index (κ1) is 27.8. The minimum absolute atomic E-state index is 0.820. The van der Waals surface area contributed by atoms with Crippen LogP contribution in [0.3, 0.4) is 0 Å². The molecule has 0 amide bonds. The largest absolute Gasteiger partial charge is 0.245 e. The van der Waals surface area contributed by atoms with E-state index in [0.717, 1.165) is 83.4 Å². The van der Waals surface area contributed by atoms with Crippen molar-refractivity contribution in [1.29, 1.82) is 0 Å². The average molecular weight is 613 g/mol. The SMILES string of the molecule is c1ccc(-c2ccc(-c3nc4ccccc4nc3-c3ccccc3-c3ccc4ccc5ccc(-c6ccccc6)nc5c4n3)cc2)cc1. The van der Waals surface area contributed by atoms with Crippen LogP contribution in [0.15, 0.2) is 170 Å². The van der Waals surface area contributed by atoms with Crippen LogP contribution in [0.5, 0.6) is 0 Å². The first-order valence-electron chi connectivity index (χ1n) is 16.1. The van der Waals surface area contributed by atoms with E-state index in [9.17, 15) is 0 Å². The van der Waals surface area contributed by atoms with Crippen LogP contribution in [-0.4, -0.2) is 19.9 Å². The van der Waals surface area contributed by atoms with Crippen molar-refractivity contribution in [2.45, 2.75) is 0 Å². The number of pyridine rings is 2. The minimum atomic E-state index is 0.820. The quantitative estimate of drug-likeness (QED) is 0.181. The van der Waals surface area contributed by atoms with Crippen LogP contribution < -0.4 is 0 Å². The fourth-order valence-corrected chi connectivity index (χ4v) is 6.44. The normalized spacial score (nSPS) is 11.3. The van der Waals surface area contributed by atoms with Crippen molar-refractivity contribution in [1.82, 2.24) is 19.9 Å². The van der Waals surface area contributed by atoms with Crippen LogP contribution in [0.1, 0.15) is 0 Å². The number of aromatic nitrogens is 4. The van der Waals surface area contributed by atoms with Crippen LogP contribution in [0, 0.1) is 0 Å². The second-order valence-electron chi connectivity index (χ2n) is 11.9. The van der Waals surface area contributed by atoms with Gasteiger partial charge in [0.1, 0.15) is 0 Å². The molecule has 0 bridgehead atoms. The van der Waals surface area contributed by atoms with E-state index in [1.54, 1.807) is 0 Å². The highest BCUT2D eigenvalue weighted by molar-refractivity contribution is 6.04. The Balaban J connectivity index is 1.22. The predicted octanol–water partition coefficient (Wildman–Crippen LogP) is 11.1. The van der Waals surface area contributed by atoms with Gasteiger partial charge in [0.05, 0.1) is 44.8 Å². The second kappa shape index (κ2) is 11.7. The zero-order valence-electron chi connectivity index (χ0n) is 26.0. The van der Waals surface area contributed by atoms with Gasteiger partial charge in [0.15, 0.2) is 0 Å². The Bertz CT molecular complexity index is 2600. The molecule has 0 fully saturated rings. The van der Waals surface area contributed by atoms with Crippen LogP contribution in [-0.2, 0) is 0 Å². The zero-order valence-corrected chi connectivity index (χ0v) is 26.0. The molecule has 0 unspecified atom stereocenters. The van der Waals surface area contributed by atoms with E-state index in [4.69, 9.17) is 19.9 Å². The van der Waals surface area contributed by atoms with Crippen molar-refractivity contribution in [3.05, 3.63) is 170 Å². The third kappa shape index (κ3) is 4.97. The van der Waals surface area contributed by atoms with Crippen molar-refractivity contribution in [2.24, 2.45) is 0 Å². The molecule has 0 atom stereocenters. The maximum Gasteiger partial charge on any atom is 0.0979 e. The van der Waals surface area contributed by atoms with Gasteiger partial charge in [-0.15, -0.1) is 0 Å². The van der Waals surface area contributed by atoms with Crippen LogP contribution in [0.2, 0.25) is 0 Å². The van der Waals surface area contributed by atoms with Gasteiger partial charge in [0, 0.05) is 33.0 Å². The van der Waals surface area contributed by atoms with Crippen molar-refractivity contribution in [2.75, 3.05) is 0 Å². The standard InChI is InChI=1S/C44H28N4/c1-3-11-29(12-4-1)30-19-21-32(22-20-30)43-44(48-40-18-10-9-17-39(40)47-43)36-16-8-7-15-35(36)38-28-26-34-24-23-33-25-27-37(31-13-5-2-6-14-31)45-41(33)42(34)46-38/h1-28H. The van der Waals surface area contributed by atoms with Gasteiger partial charge in [0.2, 0.25) is 0 Å². The zero-order chi connectivity index (χ0) is 31.9. The minimum Gasteiger partial charge on any atom is -0.245 e. The number of para-hydroxylation sites is 2. The molecule has 0 saturated carbocycles. The number of hydrogen-bond acceptors (Lipinski definition) is 4. The number of fused-ring (bicyclic) bond motifs is 4. The Morgan fingerprint density at radius 2 is 0.729 bits per heavy atom. The van der Waals surface area contributed by atoms with Crippen LogP contribution in [0.25, 0.3) is 89.0 Å². The van der Waals surface area contributed by atoms with Gasteiger partial charge >= 0.3 is 0 Å². The van der Waals surface area contributed by atoms with Gasteiger partial charge in [-0.2, -0.15) is 0 Å². The predicted molar refractivity (Wildman–Crippen MR) is 197 cm³/mol. The fraction of sp³-hybridized carbons (Fsp3) is 0. The summed E-state index contributed by atoms with van der Waals surface area (Å²) in [5, 5.41) is 2.10. The summed E-state index contributed by atoms with van der Waals surface area (Å²) in [4.78, 5) is 20.9. The van der Waals surface area contributed by atoms with Crippen LogP contribution in [0.4, 0.5) is 0 Å².